The molecular weight excluding hydrogens is 234 g/mol. The normalized spacial score (nSPS) is 12.2. The fourth-order valence-electron chi connectivity index (χ4n) is 1.62. The molecule has 0 saturated carbocycles. The van der Waals surface area contributed by atoms with E-state index in [1.54, 1.807) is 23.7 Å². The third-order valence-corrected chi connectivity index (χ3v) is 3.61. The van der Waals surface area contributed by atoms with Crippen molar-refractivity contribution in [1.29, 1.82) is 0 Å². The van der Waals surface area contributed by atoms with Crippen LogP contribution in [-0.4, -0.2) is 35.3 Å². The fraction of sp³-hybridized carbons (Fsp3) is 0.462. The summed E-state index contributed by atoms with van der Waals surface area (Å²) in [7, 11) is 1.71. The Kier molecular flexibility index (Phi) is 5.51. The van der Waals surface area contributed by atoms with Crippen LogP contribution in [0.4, 0.5) is 0 Å². The average Bonchev–Trinajstić information content (AvgIpc) is 2.32. The van der Waals surface area contributed by atoms with Gasteiger partial charge in [0.2, 0.25) is 5.91 Å². The number of aliphatic hydroxyl groups is 1. The molecule has 0 aromatic heterocycles. The van der Waals surface area contributed by atoms with Gasteiger partial charge < -0.3 is 10.0 Å². The van der Waals surface area contributed by atoms with Gasteiger partial charge in [0.1, 0.15) is 0 Å². The van der Waals surface area contributed by atoms with Crippen molar-refractivity contribution >= 4 is 17.7 Å². The first-order valence-corrected chi connectivity index (χ1v) is 6.65. The summed E-state index contributed by atoms with van der Waals surface area (Å²) in [5, 5.41) is 9.37. The van der Waals surface area contributed by atoms with Crippen molar-refractivity contribution in [2.45, 2.75) is 24.8 Å². The first-order chi connectivity index (χ1) is 8.10. The van der Waals surface area contributed by atoms with Crippen molar-refractivity contribution in [1.82, 2.24) is 4.90 Å². The summed E-state index contributed by atoms with van der Waals surface area (Å²) in [5.41, 5.74) is 0.964. The van der Waals surface area contributed by atoms with E-state index in [1.165, 1.54) is 11.8 Å². The minimum atomic E-state index is -0.256. The number of carbonyl (C=O) groups is 1. The summed E-state index contributed by atoms with van der Waals surface area (Å²) in [6.07, 6.45) is 0. The molecular formula is C13H19NO2S. The van der Waals surface area contributed by atoms with Crippen LogP contribution in [0.5, 0.6) is 0 Å². The van der Waals surface area contributed by atoms with Gasteiger partial charge in [0.05, 0.1) is 12.6 Å². The lowest BCUT2D eigenvalue weighted by molar-refractivity contribution is -0.130. The molecule has 94 valence electrons. The molecule has 1 amide bonds. The lowest BCUT2D eigenvalue weighted by Crippen LogP contribution is -2.31. The van der Waals surface area contributed by atoms with E-state index >= 15 is 0 Å². The molecule has 0 aliphatic rings. The molecule has 3 nitrogen and oxygen atoms in total. The van der Waals surface area contributed by atoms with Gasteiger partial charge in [0.25, 0.3) is 0 Å². The number of carbonyl (C=O) groups excluding carboxylic acids is 1. The number of nitrogens with zero attached hydrogens (tertiary/aromatic N) is 1. The Morgan fingerprint density at radius 2 is 2.00 bits per heavy atom. The molecule has 0 spiro atoms. The van der Waals surface area contributed by atoms with E-state index in [0.717, 1.165) is 11.3 Å². The van der Waals surface area contributed by atoms with Gasteiger partial charge in [0.15, 0.2) is 0 Å². The minimum absolute atomic E-state index is 0.0453. The second-order valence-electron chi connectivity index (χ2n) is 3.83. The highest BCUT2D eigenvalue weighted by Crippen LogP contribution is 2.23. The van der Waals surface area contributed by atoms with E-state index in [4.69, 9.17) is 0 Å². The molecule has 1 unspecified atom stereocenters. The summed E-state index contributed by atoms with van der Waals surface area (Å²) in [6, 6.07) is 7.74. The summed E-state index contributed by atoms with van der Waals surface area (Å²) in [5.74, 6) is 0.993. The summed E-state index contributed by atoms with van der Waals surface area (Å²) < 4.78 is 0. The van der Waals surface area contributed by atoms with E-state index in [2.05, 4.69) is 6.92 Å². The predicted molar refractivity (Wildman–Crippen MR) is 71.1 cm³/mol. The smallest absolute Gasteiger partial charge is 0.219 e. The van der Waals surface area contributed by atoms with Crippen molar-refractivity contribution in [3.63, 3.8) is 0 Å². The molecule has 0 radical (unpaired) electrons. The van der Waals surface area contributed by atoms with Gasteiger partial charge in [-0.15, -0.1) is 11.8 Å². The van der Waals surface area contributed by atoms with Crippen LogP contribution in [0.1, 0.15) is 25.5 Å². The van der Waals surface area contributed by atoms with Gasteiger partial charge in [-0.25, -0.2) is 0 Å². The van der Waals surface area contributed by atoms with Crippen molar-refractivity contribution in [2.24, 2.45) is 0 Å². The van der Waals surface area contributed by atoms with Crippen LogP contribution in [0.3, 0.4) is 0 Å². The van der Waals surface area contributed by atoms with Crippen LogP contribution in [0.2, 0.25) is 0 Å². The number of hydrogen-bond donors (Lipinski definition) is 1. The quantitative estimate of drug-likeness (QED) is 0.819. The standard InChI is InChI=1S/C13H19NO2S/c1-4-17-12-7-5-11(6-8-12)13(9-15)14(3)10(2)16/h5-8,13,15H,4,9H2,1-3H3. The number of benzene rings is 1. The number of amides is 1. The van der Waals surface area contributed by atoms with E-state index in [1.807, 2.05) is 24.3 Å². The molecule has 0 aliphatic heterocycles. The number of rotatable bonds is 5. The maximum atomic E-state index is 11.3. The molecule has 0 fully saturated rings. The molecule has 17 heavy (non-hydrogen) atoms. The summed E-state index contributed by atoms with van der Waals surface area (Å²) >= 11 is 1.77. The molecule has 0 saturated heterocycles. The van der Waals surface area contributed by atoms with E-state index in [0.29, 0.717) is 0 Å². The number of thioether (sulfide) groups is 1. The number of likely N-dealkylation sites (N-methyl/N-ethyl adjacent to an activating group) is 1. The van der Waals surface area contributed by atoms with Crippen molar-refractivity contribution in [3.8, 4) is 0 Å². The van der Waals surface area contributed by atoms with E-state index in [9.17, 15) is 9.90 Å². The number of hydrogen-bond acceptors (Lipinski definition) is 3. The second kappa shape index (κ2) is 6.67. The Balaban J connectivity index is 2.85. The molecule has 1 rings (SSSR count). The van der Waals surface area contributed by atoms with Gasteiger partial charge >= 0.3 is 0 Å². The zero-order chi connectivity index (χ0) is 12.8. The zero-order valence-corrected chi connectivity index (χ0v) is 11.3. The molecule has 1 atom stereocenters. The highest BCUT2D eigenvalue weighted by molar-refractivity contribution is 7.99. The monoisotopic (exact) mass is 253 g/mol. The molecule has 4 heteroatoms. The van der Waals surface area contributed by atoms with Crippen molar-refractivity contribution in [3.05, 3.63) is 29.8 Å². The maximum Gasteiger partial charge on any atom is 0.219 e. The average molecular weight is 253 g/mol. The highest BCUT2D eigenvalue weighted by atomic mass is 32.2. The summed E-state index contributed by atoms with van der Waals surface area (Å²) in [4.78, 5) is 14.1. The fourth-order valence-corrected chi connectivity index (χ4v) is 2.29. The first kappa shape index (κ1) is 14.1. The van der Waals surface area contributed by atoms with Gasteiger partial charge in [-0.2, -0.15) is 0 Å². The third kappa shape index (κ3) is 3.75. The molecule has 1 aromatic rings. The maximum absolute atomic E-state index is 11.3. The summed E-state index contributed by atoms with van der Waals surface area (Å²) in [6.45, 7) is 3.55. The highest BCUT2D eigenvalue weighted by Gasteiger charge is 2.17. The molecule has 0 bridgehead atoms. The van der Waals surface area contributed by atoms with Gasteiger partial charge in [0, 0.05) is 18.9 Å². The van der Waals surface area contributed by atoms with Gasteiger partial charge in [-0.3, -0.25) is 4.79 Å². The Hall–Kier alpha value is -1.00. The topological polar surface area (TPSA) is 40.5 Å². The Bertz CT molecular complexity index is 364. The second-order valence-corrected chi connectivity index (χ2v) is 5.17. The first-order valence-electron chi connectivity index (χ1n) is 5.67. The van der Waals surface area contributed by atoms with Crippen LogP contribution in [0.25, 0.3) is 0 Å². The van der Waals surface area contributed by atoms with E-state index in [-0.39, 0.29) is 18.6 Å². The van der Waals surface area contributed by atoms with Crippen LogP contribution >= 0.6 is 11.8 Å². The van der Waals surface area contributed by atoms with Crippen LogP contribution < -0.4 is 0 Å². The molecule has 0 heterocycles. The molecule has 1 N–H and O–H groups in total. The Labute approximate surface area is 107 Å². The van der Waals surface area contributed by atoms with Crippen LogP contribution in [-0.2, 0) is 4.79 Å². The molecule has 1 aromatic carbocycles. The van der Waals surface area contributed by atoms with Gasteiger partial charge in [-0.1, -0.05) is 19.1 Å². The Morgan fingerprint density at radius 1 is 1.41 bits per heavy atom. The largest absolute Gasteiger partial charge is 0.394 e. The lowest BCUT2D eigenvalue weighted by atomic mass is 10.1. The predicted octanol–water partition coefficient (Wildman–Crippen LogP) is 2.31. The van der Waals surface area contributed by atoms with Crippen LogP contribution in [0.15, 0.2) is 29.2 Å². The SMILES string of the molecule is CCSc1ccc(C(CO)N(C)C(C)=O)cc1. The third-order valence-electron chi connectivity index (χ3n) is 2.71. The van der Waals surface area contributed by atoms with E-state index < -0.39 is 0 Å². The molecule has 0 aliphatic carbocycles. The number of aliphatic hydroxyl groups excluding tert-OH is 1. The Morgan fingerprint density at radius 3 is 2.41 bits per heavy atom. The minimum Gasteiger partial charge on any atom is -0.394 e. The lowest BCUT2D eigenvalue weighted by Gasteiger charge is -2.25. The van der Waals surface area contributed by atoms with Crippen LogP contribution in [0, 0.1) is 0 Å². The van der Waals surface area contributed by atoms with Gasteiger partial charge in [-0.05, 0) is 23.4 Å². The van der Waals surface area contributed by atoms with Crippen molar-refractivity contribution < 1.29 is 9.90 Å². The van der Waals surface area contributed by atoms with Crippen molar-refractivity contribution in [2.75, 3.05) is 19.4 Å². The zero-order valence-electron chi connectivity index (χ0n) is 10.5.